The quantitative estimate of drug-likeness (QED) is 0.795. The van der Waals surface area contributed by atoms with Crippen molar-refractivity contribution in [2.75, 3.05) is 5.32 Å². The molecule has 4 N–H and O–H groups in total. The summed E-state index contributed by atoms with van der Waals surface area (Å²) in [4.78, 5) is 26.0. The van der Waals surface area contributed by atoms with E-state index < -0.39 is 11.9 Å². The molecule has 0 spiro atoms. The Hall–Kier alpha value is -2.41. The summed E-state index contributed by atoms with van der Waals surface area (Å²) in [6.07, 6.45) is 1.35. The summed E-state index contributed by atoms with van der Waals surface area (Å²) in [6, 6.07) is 7.94. The molecule has 0 radical (unpaired) electrons. The minimum atomic E-state index is -1.03. The van der Waals surface area contributed by atoms with Crippen molar-refractivity contribution in [3.05, 3.63) is 52.1 Å². The van der Waals surface area contributed by atoms with Crippen molar-refractivity contribution >= 4 is 39.3 Å². The van der Waals surface area contributed by atoms with Gasteiger partial charge in [0.05, 0.1) is 11.1 Å². The Morgan fingerprint density at radius 1 is 1.25 bits per heavy atom. The first kappa shape index (κ1) is 14.0. The second kappa shape index (κ2) is 5.70. The van der Waals surface area contributed by atoms with Gasteiger partial charge in [0.1, 0.15) is 5.82 Å². The number of anilines is 2. The Morgan fingerprint density at radius 3 is 2.55 bits per heavy atom. The second-order valence-electron chi connectivity index (χ2n) is 3.92. The van der Waals surface area contributed by atoms with Crippen molar-refractivity contribution in [3.63, 3.8) is 0 Å². The predicted molar refractivity (Wildman–Crippen MR) is 77.1 cm³/mol. The molecule has 0 fully saturated rings. The lowest BCUT2D eigenvalue weighted by Gasteiger charge is -2.07. The van der Waals surface area contributed by atoms with Gasteiger partial charge < -0.3 is 16.2 Å². The highest BCUT2D eigenvalue weighted by atomic mass is 79.9. The maximum Gasteiger partial charge on any atom is 0.336 e. The van der Waals surface area contributed by atoms with Crippen molar-refractivity contribution in [2.24, 2.45) is 5.73 Å². The third kappa shape index (κ3) is 3.12. The lowest BCUT2D eigenvalue weighted by Crippen LogP contribution is -2.11. The highest BCUT2D eigenvalue weighted by Gasteiger charge is 2.09. The van der Waals surface area contributed by atoms with Crippen LogP contribution in [0.2, 0.25) is 0 Å². The molecule has 0 unspecified atom stereocenters. The summed E-state index contributed by atoms with van der Waals surface area (Å²) in [5.41, 5.74) is 6.14. The van der Waals surface area contributed by atoms with Crippen LogP contribution in [0.15, 0.2) is 41.0 Å². The lowest BCUT2D eigenvalue weighted by molar-refractivity contribution is 0.0695. The van der Waals surface area contributed by atoms with Gasteiger partial charge in [0.25, 0.3) is 0 Å². The zero-order valence-electron chi connectivity index (χ0n) is 10.1. The number of carboxylic acids is 1. The van der Waals surface area contributed by atoms with E-state index in [4.69, 9.17) is 10.8 Å². The molecule has 0 aliphatic heterocycles. The van der Waals surface area contributed by atoms with Crippen molar-refractivity contribution in [2.45, 2.75) is 0 Å². The van der Waals surface area contributed by atoms with Gasteiger partial charge in [-0.15, -0.1) is 0 Å². The van der Waals surface area contributed by atoms with Crippen LogP contribution in [0.3, 0.4) is 0 Å². The van der Waals surface area contributed by atoms with E-state index in [0.717, 1.165) is 0 Å². The topological polar surface area (TPSA) is 105 Å². The SMILES string of the molecule is NC(=O)c1ccc(Nc2ccc(Br)c(C(=O)O)c2)nc1. The molecule has 20 heavy (non-hydrogen) atoms. The minimum absolute atomic E-state index is 0.142. The third-order valence-corrected chi connectivity index (χ3v) is 3.21. The molecule has 2 aromatic rings. The number of rotatable bonds is 4. The number of benzene rings is 1. The fraction of sp³-hybridized carbons (Fsp3) is 0. The number of hydrogen-bond acceptors (Lipinski definition) is 4. The van der Waals surface area contributed by atoms with E-state index in [-0.39, 0.29) is 5.56 Å². The van der Waals surface area contributed by atoms with Crippen LogP contribution in [0.5, 0.6) is 0 Å². The van der Waals surface area contributed by atoms with Crippen LogP contribution in [-0.4, -0.2) is 22.0 Å². The molecule has 102 valence electrons. The standard InChI is InChI=1S/C13H10BrN3O3/c14-10-3-2-8(5-9(10)13(19)20)17-11-4-1-7(6-16-11)12(15)18/h1-6H,(H2,15,18)(H,16,17)(H,19,20). The fourth-order valence-corrected chi connectivity index (χ4v) is 1.94. The Bertz CT molecular complexity index is 671. The van der Waals surface area contributed by atoms with E-state index >= 15 is 0 Å². The number of primary amides is 1. The average molecular weight is 336 g/mol. The Balaban J connectivity index is 2.23. The van der Waals surface area contributed by atoms with E-state index in [2.05, 4.69) is 26.2 Å². The lowest BCUT2D eigenvalue weighted by atomic mass is 10.2. The summed E-state index contributed by atoms with van der Waals surface area (Å²) in [5, 5.41) is 12.0. The van der Waals surface area contributed by atoms with Gasteiger partial charge in [-0.25, -0.2) is 9.78 Å². The number of carboxylic acid groups (broad SMARTS) is 1. The van der Waals surface area contributed by atoms with E-state index in [1.165, 1.54) is 18.3 Å². The first-order valence-electron chi connectivity index (χ1n) is 5.53. The Labute approximate surface area is 122 Å². The highest BCUT2D eigenvalue weighted by Crippen LogP contribution is 2.23. The van der Waals surface area contributed by atoms with E-state index in [1.807, 2.05) is 0 Å². The van der Waals surface area contributed by atoms with Gasteiger partial charge in [0.15, 0.2) is 0 Å². The summed E-state index contributed by atoms with van der Waals surface area (Å²) in [6.45, 7) is 0. The molecule has 1 aromatic heterocycles. The number of nitrogens with two attached hydrogens (primary N) is 1. The molecule has 0 bridgehead atoms. The number of carbonyl (C=O) groups excluding carboxylic acids is 1. The van der Waals surface area contributed by atoms with Gasteiger partial charge in [-0.2, -0.15) is 0 Å². The third-order valence-electron chi connectivity index (χ3n) is 2.52. The van der Waals surface area contributed by atoms with Crippen molar-refractivity contribution in [1.82, 2.24) is 4.98 Å². The molecule has 1 aromatic carbocycles. The second-order valence-corrected chi connectivity index (χ2v) is 4.78. The largest absolute Gasteiger partial charge is 0.478 e. The molecular formula is C13H10BrN3O3. The molecule has 1 heterocycles. The number of pyridine rings is 1. The van der Waals surface area contributed by atoms with Crippen LogP contribution in [-0.2, 0) is 0 Å². The van der Waals surface area contributed by atoms with Crippen LogP contribution in [0.1, 0.15) is 20.7 Å². The van der Waals surface area contributed by atoms with E-state index in [0.29, 0.717) is 21.5 Å². The number of aromatic carboxylic acids is 1. The van der Waals surface area contributed by atoms with Crippen LogP contribution >= 0.6 is 15.9 Å². The van der Waals surface area contributed by atoms with E-state index in [1.54, 1.807) is 18.2 Å². The predicted octanol–water partition coefficient (Wildman–Crippen LogP) is 2.38. The summed E-state index contributed by atoms with van der Waals surface area (Å²) in [7, 11) is 0. The van der Waals surface area contributed by atoms with Crippen LogP contribution < -0.4 is 11.1 Å². The molecule has 1 amide bonds. The molecule has 0 saturated carbocycles. The molecular weight excluding hydrogens is 326 g/mol. The summed E-state index contributed by atoms with van der Waals surface area (Å²) in [5.74, 6) is -1.10. The number of hydrogen-bond donors (Lipinski definition) is 3. The van der Waals surface area contributed by atoms with Gasteiger partial charge in [0, 0.05) is 16.4 Å². The van der Waals surface area contributed by atoms with Gasteiger partial charge in [-0.1, -0.05) is 0 Å². The first-order chi connectivity index (χ1) is 9.47. The number of halogens is 1. The summed E-state index contributed by atoms with van der Waals surface area (Å²) >= 11 is 3.17. The molecule has 0 atom stereocenters. The number of carbonyl (C=O) groups is 2. The van der Waals surface area contributed by atoms with Crippen molar-refractivity contribution in [1.29, 1.82) is 0 Å². The summed E-state index contributed by atoms with van der Waals surface area (Å²) < 4.78 is 0.493. The average Bonchev–Trinajstić information content (AvgIpc) is 2.41. The zero-order chi connectivity index (χ0) is 14.7. The van der Waals surface area contributed by atoms with Crippen LogP contribution in [0, 0.1) is 0 Å². The number of nitrogens with one attached hydrogen (secondary N) is 1. The molecule has 0 saturated heterocycles. The highest BCUT2D eigenvalue weighted by molar-refractivity contribution is 9.10. The maximum absolute atomic E-state index is 11.0. The molecule has 0 aliphatic rings. The van der Waals surface area contributed by atoms with Gasteiger partial charge in [-0.3, -0.25) is 4.79 Å². The molecule has 2 rings (SSSR count). The normalized spacial score (nSPS) is 10.1. The Morgan fingerprint density at radius 2 is 2.00 bits per heavy atom. The fourth-order valence-electron chi connectivity index (χ4n) is 1.53. The van der Waals surface area contributed by atoms with E-state index in [9.17, 15) is 9.59 Å². The molecule has 0 aliphatic carbocycles. The van der Waals surface area contributed by atoms with Crippen LogP contribution in [0.4, 0.5) is 11.5 Å². The molecule has 7 heteroatoms. The Kier molecular flexibility index (Phi) is 3.99. The molecule has 6 nitrogen and oxygen atoms in total. The number of amides is 1. The van der Waals surface area contributed by atoms with Crippen molar-refractivity contribution in [3.8, 4) is 0 Å². The first-order valence-corrected chi connectivity index (χ1v) is 6.32. The number of nitrogens with zero attached hydrogens (tertiary/aromatic N) is 1. The van der Waals surface area contributed by atoms with Crippen LogP contribution in [0.25, 0.3) is 0 Å². The van der Waals surface area contributed by atoms with Crippen molar-refractivity contribution < 1.29 is 14.7 Å². The monoisotopic (exact) mass is 335 g/mol. The van der Waals surface area contributed by atoms with Gasteiger partial charge >= 0.3 is 5.97 Å². The maximum atomic E-state index is 11.0. The minimum Gasteiger partial charge on any atom is -0.478 e. The number of aromatic nitrogens is 1. The van der Waals surface area contributed by atoms with Gasteiger partial charge in [0.2, 0.25) is 5.91 Å². The smallest absolute Gasteiger partial charge is 0.336 e. The van der Waals surface area contributed by atoms with Gasteiger partial charge in [-0.05, 0) is 46.3 Å². The zero-order valence-corrected chi connectivity index (χ0v) is 11.7.